The van der Waals surface area contributed by atoms with Crippen molar-refractivity contribution < 1.29 is 8.42 Å². The maximum Gasteiger partial charge on any atom is 0.240 e. The lowest BCUT2D eigenvalue weighted by Crippen LogP contribution is -2.45. The van der Waals surface area contributed by atoms with Crippen LogP contribution in [0.3, 0.4) is 0 Å². The van der Waals surface area contributed by atoms with E-state index in [0.717, 1.165) is 25.1 Å². The maximum atomic E-state index is 12.6. The van der Waals surface area contributed by atoms with Crippen molar-refractivity contribution in [1.82, 2.24) is 9.62 Å². The summed E-state index contributed by atoms with van der Waals surface area (Å²) in [5.74, 6) is 0. The number of benzene rings is 2. The average Bonchev–Trinajstić information content (AvgIpc) is 2.62. The van der Waals surface area contributed by atoms with E-state index >= 15 is 0 Å². The molecule has 0 saturated heterocycles. The number of nitrogens with zero attached hydrogens (tertiary/aromatic N) is 1. The predicted octanol–water partition coefficient (Wildman–Crippen LogP) is 3.23. The molecule has 1 unspecified atom stereocenters. The molecule has 4 nitrogen and oxygen atoms in total. The molecule has 1 atom stereocenters. The van der Waals surface area contributed by atoms with Crippen LogP contribution in [0.1, 0.15) is 25.0 Å². The fourth-order valence-corrected chi connectivity index (χ4v) is 4.04. The molecule has 2 rings (SSSR count). The summed E-state index contributed by atoms with van der Waals surface area (Å²) in [6.45, 7) is 8.33. The molecule has 0 aliphatic rings. The van der Waals surface area contributed by atoms with Crippen molar-refractivity contribution in [2.45, 2.75) is 38.1 Å². The van der Waals surface area contributed by atoms with Crippen molar-refractivity contribution in [3.63, 3.8) is 0 Å². The summed E-state index contributed by atoms with van der Waals surface area (Å²) in [4.78, 5) is 2.61. The Kier molecular flexibility index (Phi) is 7.17. The van der Waals surface area contributed by atoms with E-state index in [2.05, 4.69) is 35.6 Å². The highest BCUT2D eigenvalue weighted by atomic mass is 32.2. The van der Waals surface area contributed by atoms with Gasteiger partial charge in [0.2, 0.25) is 10.0 Å². The van der Waals surface area contributed by atoms with Gasteiger partial charge < -0.3 is 0 Å². The topological polar surface area (TPSA) is 49.4 Å². The van der Waals surface area contributed by atoms with Gasteiger partial charge in [0, 0.05) is 12.6 Å². The summed E-state index contributed by atoms with van der Waals surface area (Å²) in [6, 6.07) is 17.3. The first-order valence-electron chi connectivity index (χ1n) is 8.80. The summed E-state index contributed by atoms with van der Waals surface area (Å²) < 4.78 is 27.9. The lowest BCUT2D eigenvalue weighted by Gasteiger charge is -2.30. The van der Waals surface area contributed by atoms with Crippen molar-refractivity contribution >= 4 is 10.0 Å². The van der Waals surface area contributed by atoms with Gasteiger partial charge in [-0.2, -0.15) is 0 Å². The lowest BCUT2D eigenvalue weighted by molar-refractivity contribution is 0.216. The van der Waals surface area contributed by atoms with Gasteiger partial charge in [-0.25, -0.2) is 13.1 Å². The number of hydrogen-bond donors (Lipinski definition) is 1. The first kappa shape index (κ1) is 19.6. The summed E-state index contributed by atoms with van der Waals surface area (Å²) in [6.07, 6.45) is 0.818. The minimum atomic E-state index is -3.49. The van der Waals surface area contributed by atoms with Crippen LogP contribution in [-0.4, -0.2) is 39.0 Å². The zero-order valence-corrected chi connectivity index (χ0v) is 16.1. The molecule has 1 N–H and O–H groups in total. The first-order chi connectivity index (χ1) is 12.0. The standard InChI is InChI=1S/C20H28N2O2S/c1-4-22(5-2)19(15-18-9-7-6-8-10-18)16-21-25(23,24)20-13-11-17(3)12-14-20/h6-14,19,21H,4-5,15-16H2,1-3H3. The molecule has 0 aromatic heterocycles. The third-order valence-electron chi connectivity index (χ3n) is 4.48. The molecule has 0 aliphatic heterocycles. The normalized spacial score (nSPS) is 13.1. The zero-order valence-electron chi connectivity index (χ0n) is 15.3. The van der Waals surface area contributed by atoms with Crippen LogP contribution in [0.4, 0.5) is 0 Å². The van der Waals surface area contributed by atoms with Gasteiger partial charge in [0.05, 0.1) is 4.90 Å². The van der Waals surface area contributed by atoms with E-state index in [1.54, 1.807) is 12.1 Å². The second-order valence-corrected chi connectivity index (χ2v) is 8.00. The number of nitrogens with one attached hydrogen (secondary N) is 1. The quantitative estimate of drug-likeness (QED) is 0.747. The molecule has 5 heteroatoms. The highest BCUT2D eigenvalue weighted by Gasteiger charge is 2.20. The van der Waals surface area contributed by atoms with Gasteiger partial charge in [-0.15, -0.1) is 0 Å². The Bertz CT molecular complexity index is 739. The minimum absolute atomic E-state index is 0.123. The summed E-state index contributed by atoms with van der Waals surface area (Å²) >= 11 is 0. The SMILES string of the molecule is CCN(CC)C(CNS(=O)(=O)c1ccc(C)cc1)Cc1ccccc1. The summed E-state index contributed by atoms with van der Waals surface area (Å²) in [7, 11) is -3.49. The van der Waals surface area contributed by atoms with Gasteiger partial charge in [0.25, 0.3) is 0 Å². The highest BCUT2D eigenvalue weighted by Crippen LogP contribution is 2.12. The minimum Gasteiger partial charge on any atom is -0.299 e. The van der Waals surface area contributed by atoms with E-state index in [9.17, 15) is 8.42 Å². The molecule has 0 heterocycles. The highest BCUT2D eigenvalue weighted by molar-refractivity contribution is 7.89. The van der Waals surface area contributed by atoms with E-state index in [0.29, 0.717) is 11.4 Å². The van der Waals surface area contributed by atoms with Crippen molar-refractivity contribution in [3.8, 4) is 0 Å². The maximum absolute atomic E-state index is 12.6. The predicted molar refractivity (Wildman–Crippen MR) is 103 cm³/mol. The number of likely N-dealkylation sites (N-methyl/N-ethyl adjacent to an activating group) is 1. The fourth-order valence-electron chi connectivity index (χ4n) is 2.96. The van der Waals surface area contributed by atoms with Crippen molar-refractivity contribution in [3.05, 3.63) is 65.7 Å². The van der Waals surface area contributed by atoms with Crippen LogP contribution >= 0.6 is 0 Å². The van der Waals surface area contributed by atoms with Crippen LogP contribution in [0.25, 0.3) is 0 Å². The second kappa shape index (κ2) is 9.13. The van der Waals surface area contributed by atoms with Crippen molar-refractivity contribution in [2.24, 2.45) is 0 Å². The lowest BCUT2D eigenvalue weighted by atomic mass is 10.0. The molecule has 2 aromatic carbocycles. The summed E-state index contributed by atoms with van der Waals surface area (Å²) in [5.41, 5.74) is 2.26. The fraction of sp³-hybridized carbons (Fsp3) is 0.400. The third kappa shape index (κ3) is 5.66. The smallest absolute Gasteiger partial charge is 0.240 e. The van der Waals surface area contributed by atoms with Gasteiger partial charge in [-0.1, -0.05) is 61.9 Å². The molecule has 0 amide bonds. The largest absolute Gasteiger partial charge is 0.299 e. The van der Waals surface area contributed by atoms with Gasteiger partial charge in [-0.3, -0.25) is 4.90 Å². The number of aryl methyl sites for hydroxylation is 1. The second-order valence-electron chi connectivity index (χ2n) is 6.23. The van der Waals surface area contributed by atoms with Gasteiger partial charge in [0.1, 0.15) is 0 Å². The molecule has 0 spiro atoms. The Hall–Kier alpha value is -1.69. The van der Waals surface area contributed by atoms with Crippen LogP contribution in [0.5, 0.6) is 0 Å². The number of sulfonamides is 1. The Labute approximate surface area is 151 Å². The Morgan fingerprint density at radius 2 is 1.56 bits per heavy atom. The van der Waals surface area contributed by atoms with E-state index in [1.807, 2.05) is 37.3 Å². The molecule has 0 fully saturated rings. The Morgan fingerprint density at radius 3 is 2.12 bits per heavy atom. The van der Waals surface area contributed by atoms with E-state index in [-0.39, 0.29) is 6.04 Å². The Morgan fingerprint density at radius 1 is 0.960 bits per heavy atom. The molecule has 2 aromatic rings. The number of rotatable bonds is 9. The van der Waals surface area contributed by atoms with Crippen LogP contribution in [0, 0.1) is 6.92 Å². The molecule has 136 valence electrons. The summed E-state index contributed by atoms with van der Waals surface area (Å²) in [5, 5.41) is 0. The van der Waals surface area contributed by atoms with Gasteiger partial charge in [-0.05, 0) is 44.1 Å². The van der Waals surface area contributed by atoms with Gasteiger partial charge in [0.15, 0.2) is 0 Å². The van der Waals surface area contributed by atoms with E-state index < -0.39 is 10.0 Å². The zero-order chi connectivity index (χ0) is 18.3. The van der Waals surface area contributed by atoms with Crippen molar-refractivity contribution in [1.29, 1.82) is 0 Å². The number of hydrogen-bond acceptors (Lipinski definition) is 3. The molecule has 0 radical (unpaired) electrons. The molecule has 0 bridgehead atoms. The average molecular weight is 361 g/mol. The first-order valence-corrected chi connectivity index (χ1v) is 10.3. The molecular formula is C20H28N2O2S. The van der Waals surface area contributed by atoms with Gasteiger partial charge >= 0.3 is 0 Å². The monoisotopic (exact) mass is 360 g/mol. The Balaban J connectivity index is 2.11. The van der Waals surface area contributed by atoms with Crippen LogP contribution in [0.2, 0.25) is 0 Å². The van der Waals surface area contributed by atoms with E-state index in [1.165, 1.54) is 5.56 Å². The van der Waals surface area contributed by atoms with Crippen LogP contribution in [0.15, 0.2) is 59.5 Å². The molecule has 0 saturated carbocycles. The van der Waals surface area contributed by atoms with Crippen LogP contribution in [-0.2, 0) is 16.4 Å². The molecular weight excluding hydrogens is 332 g/mol. The molecule has 0 aliphatic carbocycles. The third-order valence-corrected chi connectivity index (χ3v) is 5.92. The molecule has 25 heavy (non-hydrogen) atoms. The van der Waals surface area contributed by atoms with Crippen LogP contribution < -0.4 is 4.72 Å². The van der Waals surface area contributed by atoms with E-state index in [4.69, 9.17) is 0 Å². The van der Waals surface area contributed by atoms with Crippen molar-refractivity contribution in [2.75, 3.05) is 19.6 Å².